The van der Waals surface area contributed by atoms with Crippen LogP contribution >= 0.6 is 0 Å². The molecule has 0 atom stereocenters. The average molecular weight is 392 g/mol. The topological polar surface area (TPSA) is 36.7 Å². The Labute approximate surface area is 170 Å². The van der Waals surface area contributed by atoms with Gasteiger partial charge in [-0.05, 0) is 43.0 Å². The van der Waals surface area contributed by atoms with Crippen molar-refractivity contribution in [3.8, 4) is 0 Å². The van der Waals surface area contributed by atoms with Crippen molar-refractivity contribution in [2.45, 2.75) is 25.3 Å². The summed E-state index contributed by atoms with van der Waals surface area (Å²) >= 11 is 0. The fourth-order valence-corrected chi connectivity index (χ4v) is 3.98. The summed E-state index contributed by atoms with van der Waals surface area (Å²) in [7, 11) is 0. The molecule has 1 saturated heterocycles. The first-order valence-electron chi connectivity index (χ1n) is 10.1. The normalized spacial score (nSPS) is 15.3. The van der Waals surface area contributed by atoms with Gasteiger partial charge in [0.05, 0.1) is 17.5 Å². The zero-order chi connectivity index (χ0) is 20.1. The van der Waals surface area contributed by atoms with Crippen LogP contribution in [0.25, 0.3) is 0 Å². The van der Waals surface area contributed by atoms with Crippen LogP contribution in [0.3, 0.4) is 0 Å². The van der Waals surface area contributed by atoms with Crippen LogP contribution in [0, 0.1) is 5.82 Å². The second kappa shape index (κ2) is 9.05. The number of hydrogen-bond acceptors (Lipinski definition) is 3. The minimum Gasteiger partial charge on any atom is -0.472 e. The van der Waals surface area contributed by atoms with Gasteiger partial charge >= 0.3 is 0 Å². The van der Waals surface area contributed by atoms with Crippen LogP contribution < -0.4 is 4.90 Å². The quantitative estimate of drug-likeness (QED) is 0.606. The molecular weight excluding hydrogens is 367 g/mol. The van der Waals surface area contributed by atoms with Gasteiger partial charge in [-0.1, -0.05) is 42.5 Å². The maximum absolute atomic E-state index is 14.6. The van der Waals surface area contributed by atoms with Crippen LogP contribution in [0.1, 0.15) is 28.8 Å². The van der Waals surface area contributed by atoms with Gasteiger partial charge in [0.15, 0.2) is 0 Å². The first-order valence-corrected chi connectivity index (χ1v) is 10.1. The van der Waals surface area contributed by atoms with E-state index in [4.69, 9.17) is 4.42 Å². The molecule has 0 radical (unpaired) electrons. The number of carbonyl (C=O) groups excluding carboxylic acids is 1. The Balaban J connectivity index is 1.45. The lowest BCUT2D eigenvalue weighted by molar-refractivity contribution is 0.0958. The van der Waals surface area contributed by atoms with E-state index in [1.165, 1.54) is 24.2 Å². The highest BCUT2D eigenvalue weighted by molar-refractivity contribution is 6.06. The third-order valence-electron chi connectivity index (χ3n) is 5.58. The van der Waals surface area contributed by atoms with Crippen LogP contribution in [0.5, 0.6) is 0 Å². The fourth-order valence-electron chi connectivity index (χ4n) is 3.98. The Morgan fingerprint density at radius 2 is 1.76 bits per heavy atom. The van der Waals surface area contributed by atoms with Gasteiger partial charge < -0.3 is 14.2 Å². The summed E-state index contributed by atoms with van der Waals surface area (Å²) in [5, 5.41) is 0. The first-order chi connectivity index (χ1) is 14.2. The standard InChI is InChI=1S/C24H25FN2O2/c25-22-8-4-5-9-23(22)27(24(28)20-13-17-29-18-20)21-11-15-26(16-12-21)14-10-19-6-2-1-3-7-19/h1-9,13,17-18,21H,10-12,14-16H2. The van der Waals surface area contributed by atoms with Crippen molar-refractivity contribution < 1.29 is 13.6 Å². The zero-order valence-electron chi connectivity index (χ0n) is 16.3. The predicted octanol–water partition coefficient (Wildman–Crippen LogP) is 4.77. The van der Waals surface area contributed by atoms with Gasteiger partial charge in [-0.25, -0.2) is 4.39 Å². The Bertz CT molecular complexity index is 919. The number of furan rings is 1. The molecule has 1 amide bonds. The third-order valence-corrected chi connectivity index (χ3v) is 5.58. The summed E-state index contributed by atoms with van der Waals surface area (Å²) in [5.74, 6) is -0.595. The molecule has 1 aliphatic rings. The van der Waals surface area contributed by atoms with Crippen LogP contribution in [0.4, 0.5) is 10.1 Å². The largest absolute Gasteiger partial charge is 0.472 e. The first kappa shape index (κ1) is 19.4. The van der Waals surface area contributed by atoms with Gasteiger partial charge in [0.25, 0.3) is 5.91 Å². The van der Waals surface area contributed by atoms with Gasteiger partial charge in [-0.3, -0.25) is 4.79 Å². The van der Waals surface area contributed by atoms with E-state index in [-0.39, 0.29) is 17.8 Å². The molecule has 1 fully saturated rings. The van der Waals surface area contributed by atoms with E-state index in [1.807, 2.05) is 6.07 Å². The molecule has 1 aromatic heterocycles. The van der Waals surface area contributed by atoms with Crippen molar-refractivity contribution in [1.82, 2.24) is 4.90 Å². The summed E-state index contributed by atoms with van der Waals surface area (Å²) in [6, 6.07) is 18.5. The molecule has 0 aliphatic carbocycles. The van der Waals surface area contributed by atoms with E-state index in [9.17, 15) is 9.18 Å². The summed E-state index contributed by atoms with van der Waals surface area (Å²) in [4.78, 5) is 17.2. The minimum atomic E-state index is -0.379. The number of rotatable bonds is 6. The molecule has 5 heteroatoms. The lowest BCUT2D eigenvalue weighted by atomic mass is 10.0. The molecule has 0 spiro atoms. The van der Waals surface area contributed by atoms with Gasteiger partial charge in [0.1, 0.15) is 12.1 Å². The Morgan fingerprint density at radius 1 is 1.03 bits per heavy atom. The summed E-state index contributed by atoms with van der Waals surface area (Å²) in [5.41, 5.74) is 2.11. The molecule has 29 heavy (non-hydrogen) atoms. The number of nitrogens with zero attached hydrogens (tertiary/aromatic N) is 2. The third kappa shape index (κ3) is 4.57. The molecule has 0 saturated carbocycles. The predicted molar refractivity (Wildman–Crippen MR) is 112 cm³/mol. The van der Waals surface area contributed by atoms with Crippen molar-refractivity contribution in [2.24, 2.45) is 0 Å². The Kier molecular flexibility index (Phi) is 6.06. The molecule has 0 bridgehead atoms. The van der Waals surface area contributed by atoms with E-state index < -0.39 is 0 Å². The van der Waals surface area contributed by atoms with Crippen molar-refractivity contribution in [3.63, 3.8) is 0 Å². The molecule has 2 aromatic carbocycles. The van der Waals surface area contributed by atoms with Crippen molar-refractivity contribution in [2.75, 3.05) is 24.5 Å². The van der Waals surface area contributed by atoms with Gasteiger partial charge in [-0.2, -0.15) is 0 Å². The van der Waals surface area contributed by atoms with Crippen LogP contribution in [0.2, 0.25) is 0 Å². The van der Waals surface area contributed by atoms with Gasteiger partial charge in [-0.15, -0.1) is 0 Å². The smallest absolute Gasteiger partial charge is 0.261 e. The number of benzene rings is 2. The number of para-hydroxylation sites is 1. The number of hydrogen-bond donors (Lipinski definition) is 0. The number of carbonyl (C=O) groups is 1. The minimum absolute atomic E-state index is 0.0396. The molecule has 4 rings (SSSR count). The monoisotopic (exact) mass is 392 g/mol. The van der Waals surface area contributed by atoms with Gasteiger partial charge in [0, 0.05) is 25.7 Å². The highest BCUT2D eigenvalue weighted by atomic mass is 19.1. The SMILES string of the molecule is O=C(c1ccoc1)N(c1ccccc1F)C1CCN(CCc2ccccc2)CC1. The van der Waals surface area contributed by atoms with E-state index >= 15 is 0 Å². The fraction of sp³-hybridized carbons (Fsp3) is 0.292. The highest BCUT2D eigenvalue weighted by Crippen LogP contribution is 2.28. The molecule has 4 nitrogen and oxygen atoms in total. The maximum Gasteiger partial charge on any atom is 0.261 e. The zero-order valence-corrected chi connectivity index (χ0v) is 16.3. The highest BCUT2D eigenvalue weighted by Gasteiger charge is 2.31. The van der Waals surface area contributed by atoms with Crippen LogP contribution in [0.15, 0.2) is 77.6 Å². The second-order valence-corrected chi connectivity index (χ2v) is 7.45. The maximum atomic E-state index is 14.6. The Hall–Kier alpha value is -2.92. The number of amides is 1. The van der Waals surface area contributed by atoms with Crippen LogP contribution in [-0.2, 0) is 6.42 Å². The number of piperidine rings is 1. The Morgan fingerprint density at radius 3 is 2.45 bits per heavy atom. The van der Waals surface area contributed by atoms with E-state index in [2.05, 4.69) is 29.2 Å². The molecule has 1 aliphatic heterocycles. The van der Waals surface area contributed by atoms with Crippen molar-refractivity contribution in [3.05, 3.63) is 90.1 Å². The number of likely N-dealkylation sites (tertiary alicyclic amines) is 1. The molecule has 3 aromatic rings. The average Bonchev–Trinajstić information content (AvgIpc) is 3.30. The molecule has 2 heterocycles. The second-order valence-electron chi connectivity index (χ2n) is 7.45. The van der Waals surface area contributed by atoms with Crippen molar-refractivity contribution in [1.29, 1.82) is 0 Å². The lowest BCUT2D eigenvalue weighted by Crippen LogP contribution is -2.48. The number of anilines is 1. The van der Waals surface area contributed by atoms with Gasteiger partial charge in [0.2, 0.25) is 0 Å². The van der Waals surface area contributed by atoms with Crippen molar-refractivity contribution >= 4 is 11.6 Å². The summed E-state index contributed by atoms with van der Waals surface area (Å²) in [6.07, 6.45) is 5.53. The number of halogens is 1. The van der Waals surface area contributed by atoms with E-state index in [1.54, 1.807) is 29.2 Å². The molecule has 0 N–H and O–H groups in total. The van der Waals surface area contributed by atoms with E-state index in [0.29, 0.717) is 11.3 Å². The molecule has 150 valence electrons. The summed E-state index contributed by atoms with van der Waals surface area (Å²) < 4.78 is 19.6. The lowest BCUT2D eigenvalue weighted by Gasteiger charge is -2.38. The van der Waals surface area contributed by atoms with Crippen LogP contribution in [-0.4, -0.2) is 36.5 Å². The summed E-state index contributed by atoms with van der Waals surface area (Å²) in [6.45, 7) is 2.77. The molecule has 0 unspecified atom stereocenters. The van der Waals surface area contributed by atoms with E-state index in [0.717, 1.165) is 38.9 Å². The molecular formula is C24H25FN2O2.